The van der Waals surface area contributed by atoms with Gasteiger partial charge in [0.25, 0.3) is 6.57 Å². The lowest BCUT2D eigenvalue weighted by Gasteiger charge is -2.15. The lowest BCUT2D eigenvalue weighted by molar-refractivity contribution is 0.353. The van der Waals surface area contributed by atoms with E-state index in [0.29, 0.717) is 6.61 Å². The standard InChI is InChI=1S/C10H15O2PS/c1-3-12-13(11,14-4-2)10-8-6-5-7-9-10/h5-9H,3-4H2,1-2H3/i12+2. The predicted molar refractivity (Wildman–Crippen MR) is 63.4 cm³/mol. The first-order chi connectivity index (χ1) is 6.73. The zero-order valence-corrected chi connectivity index (χ0v) is 10.2. The molecule has 0 saturated carbocycles. The number of hydrogen-bond donors (Lipinski definition) is 0. The minimum absolute atomic E-state index is 0.485. The molecule has 1 atom stereocenters. The van der Waals surface area contributed by atoms with E-state index < -0.39 is 6.57 Å². The van der Waals surface area contributed by atoms with Crippen molar-refractivity contribution in [2.24, 2.45) is 0 Å². The Labute approximate surface area is 89.3 Å². The van der Waals surface area contributed by atoms with Gasteiger partial charge in [-0.1, -0.05) is 36.5 Å². The Morgan fingerprint density at radius 3 is 2.43 bits per heavy atom. The maximum absolute atomic E-state index is 12.4. The van der Waals surface area contributed by atoms with Crippen molar-refractivity contribution >= 4 is 23.3 Å². The van der Waals surface area contributed by atoms with Gasteiger partial charge in [-0.15, -0.1) is 0 Å². The number of hydrogen-bond acceptors (Lipinski definition) is 3. The fraction of sp³-hybridized carbons (Fsp3) is 0.400. The largest absolute Gasteiger partial charge is 0.318 e. The van der Waals surface area contributed by atoms with Gasteiger partial charge in [0.15, 0.2) is 0 Å². The molecule has 1 aromatic carbocycles. The molecule has 0 aromatic heterocycles. The van der Waals surface area contributed by atoms with E-state index in [1.54, 1.807) is 0 Å². The van der Waals surface area contributed by atoms with E-state index in [1.165, 1.54) is 11.4 Å². The molecule has 0 aliphatic rings. The van der Waals surface area contributed by atoms with Gasteiger partial charge in [-0.25, -0.2) is 0 Å². The van der Waals surface area contributed by atoms with Gasteiger partial charge in [0.2, 0.25) is 0 Å². The van der Waals surface area contributed by atoms with Crippen LogP contribution in [0.1, 0.15) is 13.8 Å². The van der Waals surface area contributed by atoms with Crippen LogP contribution in [0, 0.1) is 0 Å². The summed E-state index contributed by atoms with van der Waals surface area (Å²) in [7, 11) is 0. The van der Waals surface area contributed by atoms with Gasteiger partial charge in [-0.2, -0.15) is 0 Å². The SMILES string of the molecule is CC[18O]P(=O)(SCC)c1ccccc1. The lowest BCUT2D eigenvalue weighted by Crippen LogP contribution is -2.04. The summed E-state index contributed by atoms with van der Waals surface area (Å²) in [5.41, 5.74) is 0. The number of benzene rings is 1. The second-order valence-corrected chi connectivity index (χ2v) is 7.49. The van der Waals surface area contributed by atoms with Crippen molar-refractivity contribution in [2.75, 3.05) is 12.4 Å². The maximum atomic E-state index is 12.4. The molecule has 0 fully saturated rings. The van der Waals surface area contributed by atoms with Crippen molar-refractivity contribution in [2.45, 2.75) is 13.8 Å². The summed E-state index contributed by atoms with van der Waals surface area (Å²) in [5, 5.41) is 0.800. The third-order valence-electron chi connectivity index (χ3n) is 1.67. The smallest absolute Gasteiger partial charge is 0.287 e. The topological polar surface area (TPSA) is 26.3 Å². The van der Waals surface area contributed by atoms with Crippen LogP contribution in [0.5, 0.6) is 0 Å². The normalized spacial score (nSPS) is 15.0. The molecule has 0 radical (unpaired) electrons. The molecule has 0 N–H and O–H groups in total. The Morgan fingerprint density at radius 1 is 1.29 bits per heavy atom. The molecule has 4 heteroatoms. The van der Waals surface area contributed by atoms with E-state index in [-0.39, 0.29) is 0 Å². The molecular weight excluding hydrogens is 217 g/mol. The average Bonchev–Trinajstić information content (AvgIpc) is 2.20. The predicted octanol–water partition coefficient (Wildman–Crippen LogP) is 3.29. The van der Waals surface area contributed by atoms with Crippen LogP contribution in [0.2, 0.25) is 0 Å². The third-order valence-corrected chi connectivity index (χ3v) is 6.54. The van der Waals surface area contributed by atoms with E-state index in [9.17, 15) is 4.57 Å². The van der Waals surface area contributed by atoms with Crippen molar-refractivity contribution in [1.82, 2.24) is 0 Å². The van der Waals surface area contributed by atoms with Crippen LogP contribution in [0.15, 0.2) is 30.3 Å². The molecule has 14 heavy (non-hydrogen) atoms. The van der Waals surface area contributed by atoms with Gasteiger partial charge in [-0.05, 0) is 24.8 Å². The van der Waals surface area contributed by atoms with E-state index >= 15 is 0 Å². The minimum Gasteiger partial charge on any atom is -0.318 e. The molecular formula is C10H15O2PS. The summed E-state index contributed by atoms with van der Waals surface area (Å²) in [6.07, 6.45) is 0. The van der Waals surface area contributed by atoms with Crippen LogP contribution < -0.4 is 5.30 Å². The van der Waals surface area contributed by atoms with Crippen LogP contribution in [-0.4, -0.2) is 12.4 Å². The Kier molecular flexibility index (Phi) is 4.73. The summed E-state index contributed by atoms with van der Waals surface area (Å²) in [4.78, 5) is 0. The van der Waals surface area contributed by atoms with Crippen molar-refractivity contribution in [3.63, 3.8) is 0 Å². The quantitative estimate of drug-likeness (QED) is 0.575. The molecule has 0 aliphatic heterocycles. The average molecular weight is 232 g/mol. The lowest BCUT2D eigenvalue weighted by atomic mass is 10.4. The highest BCUT2D eigenvalue weighted by Gasteiger charge is 2.24. The highest BCUT2D eigenvalue weighted by Crippen LogP contribution is 2.58. The molecule has 0 aliphatic carbocycles. The highest BCUT2D eigenvalue weighted by molar-refractivity contribution is 8.58. The zero-order chi connectivity index (χ0) is 10.4. The second-order valence-electron chi connectivity index (χ2n) is 2.67. The molecule has 0 heterocycles. The summed E-state index contributed by atoms with van der Waals surface area (Å²) >= 11 is 1.39. The molecule has 1 unspecified atom stereocenters. The van der Waals surface area contributed by atoms with Crippen LogP contribution in [0.3, 0.4) is 0 Å². The molecule has 0 saturated heterocycles. The monoisotopic (exact) mass is 232 g/mol. The Bertz CT molecular complexity index is 303. The summed E-state index contributed by atoms with van der Waals surface area (Å²) in [5.74, 6) is 0.798. The first-order valence-corrected chi connectivity index (χ1v) is 7.89. The maximum Gasteiger partial charge on any atom is 0.287 e. The molecule has 0 bridgehead atoms. The Morgan fingerprint density at radius 2 is 1.93 bits per heavy atom. The fourth-order valence-corrected chi connectivity index (χ4v) is 5.10. The van der Waals surface area contributed by atoms with Crippen LogP contribution in [-0.2, 0) is 9.09 Å². The van der Waals surface area contributed by atoms with Gasteiger partial charge in [0.1, 0.15) is 0 Å². The molecule has 78 valence electrons. The van der Waals surface area contributed by atoms with E-state index in [2.05, 4.69) is 0 Å². The van der Waals surface area contributed by atoms with Gasteiger partial charge in [-0.3, -0.25) is 4.57 Å². The van der Waals surface area contributed by atoms with Gasteiger partial charge in [0, 0.05) is 5.30 Å². The van der Waals surface area contributed by atoms with Crippen LogP contribution in [0.25, 0.3) is 0 Å². The Hall–Kier alpha value is -0.240. The van der Waals surface area contributed by atoms with Crippen LogP contribution in [0.4, 0.5) is 0 Å². The van der Waals surface area contributed by atoms with Crippen molar-refractivity contribution < 1.29 is 9.09 Å². The first-order valence-electron chi connectivity index (χ1n) is 4.67. The second kappa shape index (κ2) is 5.59. The zero-order valence-electron chi connectivity index (χ0n) is 8.47. The number of rotatable bonds is 5. The molecule has 2 nitrogen and oxygen atoms in total. The molecule has 1 rings (SSSR count). The molecule has 0 amide bonds. The summed E-state index contributed by atoms with van der Waals surface area (Å²) < 4.78 is 17.7. The summed E-state index contributed by atoms with van der Waals surface area (Å²) in [6.45, 7) is 1.68. The van der Waals surface area contributed by atoms with Crippen molar-refractivity contribution in [3.05, 3.63) is 30.3 Å². The molecule has 0 spiro atoms. The van der Waals surface area contributed by atoms with E-state index in [0.717, 1.165) is 11.1 Å². The van der Waals surface area contributed by atoms with Crippen molar-refractivity contribution in [1.29, 1.82) is 0 Å². The van der Waals surface area contributed by atoms with Gasteiger partial charge >= 0.3 is 0 Å². The van der Waals surface area contributed by atoms with Gasteiger partial charge in [0.05, 0.1) is 6.61 Å². The minimum atomic E-state index is -2.66. The first kappa shape index (κ1) is 11.8. The van der Waals surface area contributed by atoms with Crippen molar-refractivity contribution in [3.8, 4) is 0 Å². The van der Waals surface area contributed by atoms with Gasteiger partial charge < -0.3 is 4.52 Å². The summed E-state index contributed by atoms with van der Waals surface area (Å²) in [6, 6.07) is 9.41. The van der Waals surface area contributed by atoms with E-state index in [4.69, 9.17) is 4.52 Å². The molecule has 1 aromatic rings. The fourth-order valence-electron chi connectivity index (χ4n) is 1.14. The Balaban J connectivity index is 2.94. The third kappa shape index (κ3) is 2.88. The van der Waals surface area contributed by atoms with E-state index in [1.807, 2.05) is 44.2 Å². The van der Waals surface area contributed by atoms with Crippen LogP contribution >= 0.6 is 18.0 Å². The highest BCUT2D eigenvalue weighted by atomic mass is 32.7.